The van der Waals surface area contributed by atoms with Crippen molar-refractivity contribution in [2.75, 3.05) is 13.7 Å². The van der Waals surface area contributed by atoms with Crippen LogP contribution in [0, 0.1) is 0 Å². The first-order valence-electron chi connectivity index (χ1n) is 6.66. The molecule has 1 aliphatic rings. The number of para-hydroxylation sites is 1. The summed E-state index contributed by atoms with van der Waals surface area (Å²) in [5.74, 6) is 1.02. The van der Waals surface area contributed by atoms with Crippen LogP contribution in [0.15, 0.2) is 48.7 Å². The quantitative estimate of drug-likeness (QED) is 0.842. The monoisotopic (exact) mass is 254 g/mol. The number of benzene rings is 1. The molecular weight excluding hydrogens is 236 g/mol. The van der Waals surface area contributed by atoms with Crippen molar-refractivity contribution >= 4 is 0 Å². The Labute approximate surface area is 113 Å². The van der Waals surface area contributed by atoms with Crippen molar-refractivity contribution in [1.82, 2.24) is 9.88 Å². The number of hydrogen-bond acceptors (Lipinski definition) is 3. The fraction of sp³-hybridized carbons (Fsp3) is 0.312. The summed E-state index contributed by atoms with van der Waals surface area (Å²) in [6.07, 6.45) is 2.88. The van der Waals surface area contributed by atoms with Gasteiger partial charge in [-0.2, -0.15) is 0 Å². The van der Waals surface area contributed by atoms with Crippen LogP contribution in [0.2, 0.25) is 0 Å². The zero-order valence-electron chi connectivity index (χ0n) is 11.1. The molecule has 0 aliphatic carbocycles. The highest BCUT2D eigenvalue weighted by Crippen LogP contribution is 2.35. The summed E-state index contributed by atoms with van der Waals surface area (Å²) in [5, 5.41) is 0. The Kier molecular flexibility index (Phi) is 3.47. The van der Waals surface area contributed by atoms with Crippen LogP contribution < -0.4 is 4.74 Å². The molecule has 0 saturated carbocycles. The predicted molar refractivity (Wildman–Crippen MR) is 75.0 cm³/mol. The molecule has 2 heterocycles. The second-order valence-corrected chi connectivity index (χ2v) is 4.93. The molecule has 0 radical (unpaired) electrons. The Bertz CT molecular complexity index is 541. The maximum Gasteiger partial charge on any atom is 0.124 e. The van der Waals surface area contributed by atoms with Crippen LogP contribution >= 0.6 is 0 Å². The van der Waals surface area contributed by atoms with Gasteiger partial charge in [0, 0.05) is 30.8 Å². The van der Waals surface area contributed by atoms with Gasteiger partial charge in [-0.3, -0.25) is 9.88 Å². The fourth-order valence-corrected chi connectivity index (χ4v) is 2.64. The van der Waals surface area contributed by atoms with Crippen molar-refractivity contribution in [1.29, 1.82) is 0 Å². The number of nitrogens with zero attached hydrogens (tertiary/aromatic N) is 2. The summed E-state index contributed by atoms with van der Waals surface area (Å²) < 4.78 is 5.71. The lowest BCUT2D eigenvalue weighted by atomic mass is 9.99. The molecule has 3 nitrogen and oxygen atoms in total. The Morgan fingerprint density at radius 3 is 2.89 bits per heavy atom. The Morgan fingerprint density at radius 2 is 2.05 bits per heavy atom. The largest absolute Gasteiger partial charge is 0.493 e. The van der Waals surface area contributed by atoms with Crippen molar-refractivity contribution in [3.8, 4) is 5.75 Å². The molecule has 0 N–H and O–H groups in total. The molecule has 3 heteroatoms. The van der Waals surface area contributed by atoms with Crippen molar-refractivity contribution in [2.24, 2.45) is 0 Å². The lowest BCUT2D eigenvalue weighted by molar-refractivity contribution is 0.159. The van der Waals surface area contributed by atoms with Crippen molar-refractivity contribution < 1.29 is 4.74 Å². The molecule has 0 spiro atoms. The Hall–Kier alpha value is -1.87. The highest BCUT2D eigenvalue weighted by atomic mass is 16.5. The summed E-state index contributed by atoms with van der Waals surface area (Å²) in [6, 6.07) is 14.8. The third kappa shape index (κ3) is 2.61. The maximum atomic E-state index is 5.71. The van der Waals surface area contributed by atoms with Crippen LogP contribution in [-0.4, -0.2) is 23.5 Å². The van der Waals surface area contributed by atoms with E-state index in [9.17, 15) is 0 Å². The lowest BCUT2D eigenvalue weighted by Crippen LogP contribution is -2.29. The molecule has 3 rings (SSSR count). The second-order valence-electron chi connectivity index (χ2n) is 4.93. The van der Waals surface area contributed by atoms with Crippen LogP contribution in [0.25, 0.3) is 0 Å². The zero-order valence-corrected chi connectivity index (χ0v) is 11.1. The van der Waals surface area contributed by atoms with Gasteiger partial charge in [0.15, 0.2) is 0 Å². The van der Waals surface area contributed by atoms with Gasteiger partial charge in [-0.15, -0.1) is 0 Å². The molecule has 19 heavy (non-hydrogen) atoms. The summed E-state index contributed by atoms with van der Waals surface area (Å²) in [5.41, 5.74) is 2.39. The highest BCUT2D eigenvalue weighted by molar-refractivity contribution is 5.37. The smallest absolute Gasteiger partial charge is 0.124 e. The molecule has 1 atom stereocenters. The molecule has 1 aromatic carbocycles. The number of ether oxygens (including phenoxy) is 1. The van der Waals surface area contributed by atoms with E-state index in [1.54, 1.807) is 0 Å². The first-order valence-corrected chi connectivity index (χ1v) is 6.66. The highest BCUT2D eigenvalue weighted by Gasteiger charge is 2.24. The van der Waals surface area contributed by atoms with Crippen molar-refractivity contribution in [3.63, 3.8) is 0 Å². The van der Waals surface area contributed by atoms with E-state index in [-0.39, 0.29) is 0 Å². The number of fused-ring (bicyclic) bond motifs is 1. The minimum atomic E-state index is 0.409. The van der Waals surface area contributed by atoms with Crippen molar-refractivity contribution in [3.05, 3.63) is 59.9 Å². The Morgan fingerprint density at radius 1 is 1.21 bits per heavy atom. The number of rotatable bonds is 3. The van der Waals surface area contributed by atoms with Crippen LogP contribution in [0.3, 0.4) is 0 Å². The molecule has 1 aromatic heterocycles. The van der Waals surface area contributed by atoms with E-state index in [1.165, 1.54) is 5.56 Å². The van der Waals surface area contributed by atoms with Gasteiger partial charge in [0.2, 0.25) is 0 Å². The summed E-state index contributed by atoms with van der Waals surface area (Å²) in [7, 11) is 2.15. The summed E-state index contributed by atoms with van der Waals surface area (Å²) in [4.78, 5) is 6.75. The Balaban J connectivity index is 1.80. The third-order valence-corrected chi connectivity index (χ3v) is 3.60. The van der Waals surface area contributed by atoms with E-state index in [1.807, 2.05) is 24.4 Å². The minimum Gasteiger partial charge on any atom is -0.493 e. The maximum absolute atomic E-state index is 5.71. The first-order chi connectivity index (χ1) is 9.34. The minimum absolute atomic E-state index is 0.409. The van der Waals surface area contributed by atoms with Gasteiger partial charge in [-0.25, -0.2) is 0 Å². The molecule has 98 valence electrons. The van der Waals surface area contributed by atoms with E-state index >= 15 is 0 Å². The normalized spacial score (nSPS) is 17.9. The predicted octanol–water partition coefficient (Wildman–Crippen LogP) is 3.04. The molecule has 2 aromatic rings. The van der Waals surface area contributed by atoms with Gasteiger partial charge < -0.3 is 4.74 Å². The number of hydrogen-bond donors (Lipinski definition) is 0. The number of pyridine rings is 1. The average Bonchev–Trinajstić information content (AvgIpc) is 2.47. The SMILES string of the molecule is CN(Cc1ccccn1)C1CCOc2ccccc21. The fourth-order valence-electron chi connectivity index (χ4n) is 2.64. The van der Waals surface area contributed by atoms with E-state index in [0.717, 1.165) is 31.0 Å². The van der Waals surface area contributed by atoms with Gasteiger partial charge in [0.25, 0.3) is 0 Å². The van der Waals surface area contributed by atoms with Gasteiger partial charge >= 0.3 is 0 Å². The summed E-state index contributed by atoms with van der Waals surface area (Å²) in [6.45, 7) is 1.65. The lowest BCUT2D eigenvalue weighted by Gasteiger charge is -2.32. The van der Waals surface area contributed by atoms with Gasteiger partial charge in [-0.1, -0.05) is 24.3 Å². The van der Waals surface area contributed by atoms with Gasteiger partial charge in [0.1, 0.15) is 5.75 Å². The molecular formula is C16H18N2O. The molecule has 0 saturated heterocycles. The van der Waals surface area contributed by atoms with Crippen LogP contribution in [0.5, 0.6) is 5.75 Å². The van der Waals surface area contributed by atoms with E-state index in [2.05, 4.69) is 41.2 Å². The first kappa shape index (κ1) is 12.2. The summed E-state index contributed by atoms with van der Waals surface area (Å²) >= 11 is 0. The van der Waals surface area contributed by atoms with E-state index in [0.29, 0.717) is 6.04 Å². The molecule has 0 amide bonds. The molecule has 1 aliphatic heterocycles. The second kappa shape index (κ2) is 5.41. The number of aromatic nitrogens is 1. The van der Waals surface area contributed by atoms with Crippen molar-refractivity contribution in [2.45, 2.75) is 19.0 Å². The van der Waals surface area contributed by atoms with Crippen LogP contribution in [0.1, 0.15) is 23.7 Å². The van der Waals surface area contributed by atoms with E-state index < -0.39 is 0 Å². The zero-order chi connectivity index (χ0) is 13.1. The molecule has 0 bridgehead atoms. The standard InChI is InChI=1S/C16H18N2O/c1-18(12-13-6-4-5-10-17-13)15-9-11-19-16-8-3-2-7-14(15)16/h2-8,10,15H,9,11-12H2,1H3. The average molecular weight is 254 g/mol. The van der Waals surface area contributed by atoms with Gasteiger partial charge in [0.05, 0.1) is 12.3 Å². The van der Waals surface area contributed by atoms with E-state index in [4.69, 9.17) is 4.74 Å². The third-order valence-electron chi connectivity index (χ3n) is 3.60. The molecule has 0 fully saturated rings. The van der Waals surface area contributed by atoms with Gasteiger partial charge in [-0.05, 0) is 25.2 Å². The van der Waals surface area contributed by atoms with Crippen LogP contribution in [-0.2, 0) is 6.54 Å². The molecule has 1 unspecified atom stereocenters. The topological polar surface area (TPSA) is 25.4 Å². The van der Waals surface area contributed by atoms with Crippen LogP contribution in [0.4, 0.5) is 0 Å².